The molecule has 0 aromatic carbocycles. The van der Waals surface area contributed by atoms with Gasteiger partial charge in [-0.2, -0.15) is 0 Å². The number of hydrogen-bond acceptors (Lipinski definition) is 4. The first-order valence-corrected chi connectivity index (χ1v) is 5.69. The Bertz CT molecular complexity index is 173. The van der Waals surface area contributed by atoms with E-state index in [9.17, 15) is 4.79 Å². The Hall–Kier alpha value is -0.610. The fourth-order valence-electron chi connectivity index (χ4n) is 1.42. The van der Waals surface area contributed by atoms with E-state index in [0.29, 0.717) is 6.61 Å². The van der Waals surface area contributed by atoms with Crippen molar-refractivity contribution in [3.8, 4) is 0 Å². The minimum absolute atomic E-state index is 0.184. The minimum Gasteiger partial charge on any atom is -0.465 e. The molecule has 0 aliphatic rings. The molecular formula is C11H23NO3. The molecule has 4 heteroatoms. The summed E-state index contributed by atoms with van der Waals surface area (Å²) in [4.78, 5) is 11.4. The third-order valence-corrected chi connectivity index (χ3v) is 2.26. The Kier molecular flexibility index (Phi) is 8.33. The second-order valence-electron chi connectivity index (χ2n) is 3.65. The summed E-state index contributed by atoms with van der Waals surface area (Å²) in [5.74, 6) is -0.184. The van der Waals surface area contributed by atoms with Crippen molar-refractivity contribution in [3.63, 3.8) is 0 Å². The Labute approximate surface area is 92.0 Å². The normalized spacial score (nSPS) is 14.7. The summed E-state index contributed by atoms with van der Waals surface area (Å²) in [5, 5.41) is 11.9. The van der Waals surface area contributed by atoms with Gasteiger partial charge in [-0.25, -0.2) is 0 Å². The lowest BCUT2D eigenvalue weighted by Gasteiger charge is -2.20. The molecule has 0 aliphatic carbocycles. The monoisotopic (exact) mass is 217 g/mol. The molecule has 90 valence electrons. The van der Waals surface area contributed by atoms with Crippen LogP contribution >= 0.6 is 0 Å². The van der Waals surface area contributed by atoms with Crippen molar-refractivity contribution in [2.45, 2.75) is 52.1 Å². The zero-order chi connectivity index (χ0) is 11.7. The number of hydrogen-bond donors (Lipinski definition) is 2. The summed E-state index contributed by atoms with van der Waals surface area (Å²) in [5.41, 5.74) is 0. The van der Waals surface area contributed by atoms with Crippen LogP contribution in [-0.4, -0.2) is 36.4 Å². The van der Waals surface area contributed by atoms with E-state index in [4.69, 9.17) is 9.84 Å². The molecule has 4 nitrogen and oxygen atoms in total. The molecule has 0 aromatic rings. The van der Waals surface area contributed by atoms with Crippen molar-refractivity contribution in [2.75, 3.05) is 13.2 Å². The molecule has 15 heavy (non-hydrogen) atoms. The van der Waals surface area contributed by atoms with Crippen LogP contribution in [0.5, 0.6) is 0 Å². The zero-order valence-electron chi connectivity index (χ0n) is 9.95. The van der Waals surface area contributed by atoms with Crippen LogP contribution in [0.1, 0.15) is 40.0 Å². The molecule has 0 rings (SSSR count). The van der Waals surface area contributed by atoms with E-state index >= 15 is 0 Å². The summed E-state index contributed by atoms with van der Waals surface area (Å²) in [6.45, 7) is 6.38. The number of carbonyl (C=O) groups excluding carboxylic acids is 1. The lowest BCUT2D eigenvalue weighted by molar-refractivity contribution is -0.146. The molecule has 0 bridgehead atoms. The van der Waals surface area contributed by atoms with Gasteiger partial charge in [0, 0.05) is 12.6 Å². The minimum atomic E-state index is -0.223. The summed E-state index contributed by atoms with van der Waals surface area (Å²) in [6.07, 6.45) is 2.35. The Balaban J connectivity index is 3.91. The van der Waals surface area contributed by atoms with E-state index in [1.165, 1.54) is 0 Å². The van der Waals surface area contributed by atoms with Crippen molar-refractivity contribution < 1.29 is 14.6 Å². The predicted octanol–water partition coefficient (Wildman–Crippen LogP) is 1.08. The molecule has 0 saturated heterocycles. The number of esters is 1. The van der Waals surface area contributed by atoms with Crippen molar-refractivity contribution in [1.82, 2.24) is 5.32 Å². The van der Waals surface area contributed by atoms with Crippen LogP contribution < -0.4 is 5.32 Å². The molecule has 0 fully saturated rings. The highest BCUT2D eigenvalue weighted by Gasteiger charge is 2.18. The van der Waals surface area contributed by atoms with Crippen LogP contribution in [0.25, 0.3) is 0 Å². The fraction of sp³-hybridized carbons (Fsp3) is 0.909. The SMILES string of the molecule is CCOC(=O)C(CC)NC(C)CCCO. The molecular weight excluding hydrogens is 194 g/mol. The van der Waals surface area contributed by atoms with Crippen LogP contribution in [0.3, 0.4) is 0 Å². The van der Waals surface area contributed by atoms with Crippen LogP contribution in [-0.2, 0) is 9.53 Å². The first-order valence-electron chi connectivity index (χ1n) is 5.69. The van der Waals surface area contributed by atoms with Crippen molar-refractivity contribution in [2.24, 2.45) is 0 Å². The van der Waals surface area contributed by atoms with Gasteiger partial charge in [-0.05, 0) is 33.1 Å². The van der Waals surface area contributed by atoms with Crippen LogP contribution in [0.4, 0.5) is 0 Å². The highest BCUT2D eigenvalue weighted by atomic mass is 16.5. The number of rotatable bonds is 8. The summed E-state index contributed by atoms with van der Waals surface area (Å²) in [6, 6.07) is 0.00477. The predicted molar refractivity (Wildman–Crippen MR) is 59.6 cm³/mol. The van der Waals surface area contributed by atoms with E-state index in [1.54, 1.807) is 6.92 Å². The first-order chi connectivity index (χ1) is 7.15. The zero-order valence-corrected chi connectivity index (χ0v) is 9.95. The van der Waals surface area contributed by atoms with Gasteiger partial charge in [0.1, 0.15) is 6.04 Å². The van der Waals surface area contributed by atoms with Gasteiger partial charge in [-0.3, -0.25) is 4.79 Å². The number of aliphatic hydroxyl groups excluding tert-OH is 1. The Morgan fingerprint density at radius 2 is 2.13 bits per heavy atom. The van der Waals surface area contributed by atoms with Gasteiger partial charge in [-0.1, -0.05) is 6.92 Å². The van der Waals surface area contributed by atoms with Gasteiger partial charge in [0.25, 0.3) is 0 Å². The number of ether oxygens (including phenoxy) is 1. The highest BCUT2D eigenvalue weighted by Crippen LogP contribution is 2.01. The van der Waals surface area contributed by atoms with E-state index in [-0.39, 0.29) is 24.7 Å². The van der Waals surface area contributed by atoms with Crippen LogP contribution in [0.15, 0.2) is 0 Å². The summed E-state index contributed by atoms with van der Waals surface area (Å²) in [7, 11) is 0. The summed E-state index contributed by atoms with van der Waals surface area (Å²) >= 11 is 0. The lowest BCUT2D eigenvalue weighted by Crippen LogP contribution is -2.42. The van der Waals surface area contributed by atoms with Gasteiger partial charge >= 0.3 is 5.97 Å². The maximum Gasteiger partial charge on any atom is 0.323 e. The molecule has 0 saturated carbocycles. The van der Waals surface area contributed by atoms with E-state index in [0.717, 1.165) is 19.3 Å². The van der Waals surface area contributed by atoms with E-state index < -0.39 is 0 Å². The number of aliphatic hydroxyl groups is 1. The van der Waals surface area contributed by atoms with Crippen LogP contribution in [0.2, 0.25) is 0 Å². The number of nitrogens with one attached hydrogen (secondary N) is 1. The van der Waals surface area contributed by atoms with Gasteiger partial charge in [0.15, 0.2) is 0 Å². The first kappa shape index (κ1) is 14.4. The van der Waals surface area contributed by atoms with Gasteiger partial charge < -0.3 is 15.2 Å². The summed E-state index contributed by atoms with van der Waals surface area (Å²) < 4.78 is 4.95. The maximum absolute atomic E-state index is 11.4. The standard InChI is InChI=1S/C11H23NO3/c1-4-10(11(14)15-5-2)12-9(3)7-6-8-13/h9-10,12-13H,4-8H2,1-3H3. The third-order valence-electron chi connectivity index (χ3n) is 2.26. The quantitative estimate of drug-likeness (QED) is 0.597. The fourth-order valence-corrected chi connectivity index (χ4v) is 1.42. The van der Waals surface area contributed by atoms with Crippen molar-refractivity contribution >= 4 is 5.97 Å². The molecule has 2 unspecified atom stereocenters. The topological polar surface area (TPSA) is 58.6 Å². The van der Waals surface area contributed by atoms with Crippen molar-refractivity contribution in [3.05, 3.63) is 0 Å². The molecule has 2 N–H and O–H groups in total. The van der Waals surface area contributed by atoms with E-state index in [2.05, 4.69) is 5.32 Å². The lowest BCUT2D eigenvalue weighted by atomic mass is 10.1. The largest absolute Gasteiger partial charge is 0.465 e. The Morgan fingerprint density at radius 3 is 2.60 bits per heavy atom. The van der Waals surface area contributed by atoms with Gasteiger partial charge in [-0.15, -0.1) is 0 Å². The van der Waals surface area contributed by atoms with Crippen molar-refractivity contribution in [1.29, 1.82) is 0 Å². The smallest absolute Gasteiger partial charge is 0.323 e. The average molecular weight is 217 g/mol. The molecule has 0 heterocycles. The second-order valence-corrected chi connectivity index (χ2v) is 3.65. The third kappa shape index (κ3) is 6.47. The highest BCUT2D eigenvalue weighted by molar-refractivity contribution is 5.75. The van der Waals surface area contributed by atoms with Crippen LogP contribution in [0, 0.1) is 0 Å². The molecule has 2 atom stereocenters. The second kappa shape index (κ2) is 8.68. The Morgan fingerprint density at radius 1 is 1.47 bits per heavy atom. The van der Waals surface area contributed by atoms with Gasteiger partial charge in [0.2, 0.25) is 0 Å². The molecule has 0 aliphatic heterocycles. The average Bonchev–Trinajstić information content (AvgIpc) is 2.23. The molecule has 0 spiro atoms. The molecule has 0 amide bonds. The van der Waals surface area contributed by atoms with E-state index in [1.807, 2.05) is 13.8 Å². The number of carbonyl (C=O) groups is 1. The van der Waals surface area contributed by atoms with Gasteiger partial charge in [0.05, 0.1) is 6.61 Å². The molecule has 0 radical (unpaired) electrons. The maximum atomic E-state index is 11.4. The molecule has 0 aromatic heterocycles.